The van der Waals surface area contributed by atoms with E-state index in [2.05, 4.69) is 40.5 Å². The number of carboxylic acids is 1. The molecule has 114 valence electrons. The van der Waals surface area contributed by atoms with E-state index in [1.54, 1.807) is 11.8 Å². The number of benzene rings is 1. The fourth-order valence-corrected chi connectivity index (χ4v) is 4.54. The summed E-state index contributed by atoms with van der Waals surface area (Å²) in [6.07, 6.45) is 3.17. The number of aliphatic carboxylic acids is 1. The topological polar surface area (TPSA) is 52.6 Å². The van der Waals surface area contributed by atoms with Crippen molar-refractivity contribution in [1.29, 1.82) is 0 Å². The van der Waals surface area contributed by atoms with E-state index in [1.165, 1.54) is 5.56 Å². The van der Waals surface area contributed by atoms with Crippen LogP contribution in [0.2, 0.25) is 0 Å². The Hall–Kier alpha value is -1.04. The van der Waals surface area contributed by atoms with E-state index < -0.39 is 5.97 Å². The molecule has 2 aliphatic rings. The van der Waals surface area contributed by atoms with Gasteiger partial charge in [0.15, 0.2) is 0 Å². The molecule has 2 saturated heterocycles. The summed E-state index contributed by atoms with van der Waals surface area (Å²) in [7, 11) is 0. The number of nitrogens with zero attached hydrogens (tertiary/aromatic N) is 1. The molecular formula is C16H22N2O2S. The molecule has 2 aliphatic heterocycles. The number of piperidine rings is 1. The van der Waals surface area contributed by atoms with Gasteiger partial charge in [-0.15, -0.1) is 11.8 Å². The maximum atomic E-state index is 11.1. The van der Waals surface area contributed by atoms with Gasteiger partial charge in [-0.25, -0.2) is 0 Å². The minimum absolute atomic E-state index is 0.00625. The second-order valence-electron chi connectivity index (χ2n) is 5.92. The van der Waals surface area contributed by atoms with E-state index in [-0.39, 0.29) is 10.9 Å². The smallest absolute Gasteiger partial charge is 0.321 e. The largest absolute Gasteiger partial charge is 0.480 e. The third kappa shape index (κ3) is 3.59. The first-order valence-corrected chi connectivity index (χ1v) is 8.56. The molecule has 4 nitrogen and oxygen atoms in total. The first-order valence-electron chi connectivity index (χ1n) is 7.58. The van der Waals surface area contributed by atoms with Gasteiger partial charge >= 0.3 is 5.97 Å². The highest BCUT2D eigenvalue weighted by molar-refractivity contribution is 8.01. The Morgan fingerprint density at radius 1 is 1.33 bits per heavy atom. The Labute approximate surface area is 129 Å². The van der Waals surface area contributed by atoms with Gasteiger partial charge in [-0.05, 0) is 24.8 Å². The van der Waals surface area contributed by atoms with Gasteiger partial charge in [0.25, 0.3) is 0 Å². The lowest BCUT2D eigenvalue weighted by Crippen LogP contribution is -2.52. The number of rotatable bonds is 4. The average Bonchev–Trinajstić information content (AvgIpc) is 2.92. The number of carbonyl (C=O) groups is 1. The van der Waals surface area contributed by atoms with Crippen LogP contribution in [-0.2, 0) is 11.2 Å². The third-order valence-corrected chi connectivity index (χ3v) is 6.06. The van der Waals surface area contributed by atoms with Crippen LogP contribution in [-0.4, -0.2) is 52.3 Å². The molecule has 2 fully saturated rings. The van der Waals surface area contributed by atoms with Crippen molar-refractivity contribution in [2.24, 2.45) is 0 Å². The highest BCUT2D eigenvalue weighted by atomic mass is 32.2. The minimum atomic E-state index is -0.717. The molecular weight excluding hydrogens is 284 g/mol. The fraction of sp³-hybridized carbons (Fsp3) is 0.562. The Bertz CT molecular complexity index is 486. The molecule has 0 aliphatic carbocycles. The molecule has 0 unspecified atom stereocenters. The first-order chi connectivity index (χ1) is 10.2. The monoisotopic (exact) mass is 306 g/mol. The molecule has 1 aromatic carbocycles. The van der Waals surface area contributed by atoms with E-state index in [9.17, 15) is 4.79 Å². The molecule has 0 aromatic heterocycles. The number of nitrogens with one attached hydrogen (secondary N) is 1. The Balaban J connectivity index is 1.46. The van der Waals surface area contributed by atoms with E-state index in [1.807, 2.05) is 0 Å². The van der Waals surface area contributed by atoms with Gasteiger partial charge in [0.2, 0.25) is 0 Å². The van der Waals surface area contributed by atoms with Crippen molar-refractivity contribution in [2.45, 2.75) is 30.2 Å². The highest BCUT2D eigenvalue weighted by Gasteiger charge is 2.43. The third-order valence-electron chi connectivity index (χ3n) is 4.48. The summed E-state index contributed by atoms with van der Waals surface area (Å²) in [6, 6.07) is 10.2. The summed E-state index contributed by atoms with van der Waals surface area (Å²) < 4.78 is 0. The van der Waals surface area contributed by atoms with Crippen LogP contribution in [0, 0.1) is 0 Å². The summed E-state index contributed by atoms with van der Waals surface area (Å²) in [5, 5.41) is 12.4. The van der Waals surface area contributed by atoms with E-state index in [4.69, 9.17) is 5.11 Å². The van der Waals surface area contributed by atoms with Crippen LogP contribution >= 0.6 is 11.8 Å². The Morgan fingerprint density at radius 3 is 2.67 bits per heavy atom. The summed E-state index contributed by atoms with van der Waals surface area (Å²) in [5.41, 5.74) is 1.39. The molecule has 0 saturated carbocycles. The van der Waals surface area contributed by atoms with Crippen molar-refractivity contribution in [3.63, 3.8) is 0 Å². The number of thioether (sulfide) groups is 1. The molecule has 1 aromatic rings. The zero-order valence-corrected chi connectivity index (χ0v) is 12.9. The van der Waals surface area contributed by atoms with Gasteiger partial charge in [0.05, 0.1) is 4.87 Å². The van der Waals surface area contributed by atoms with E-state index in [0.29, 0.717) is 5.75 Å². The normalized spacial score (nSPS) is 25.2. The predicted molar refractivity (Wildman–Crippen MR) is 85.6 cm³/mol. The van der Waals surface area contributed by atoms with Crippen molar-refractivity contribution >= 4 is 17.7 Å². The predicted octanol–water partition coefficient (Wildman–Crippen LogP) is 1.81. The maximum absolute atomic E-state index is 11.1. The van der Waals surface area contributed by atoms with Crippen LogP contribution in [0.25, 0.3) is 0 Å². The van der Waals surface area contributed by atoms with Gasteiger partial charge in [-0.2, -0.15) is 0 Å². The molecule has 3 rings (SSSR count). The van der Waals surface area contributed by atoms with Crippen LogP contribution in [0.5, 0.6) is 0 Å². The van der Waals surface area contributed by atoms with E-state index >= 15 is 0 Å². The van der Waals surface area contributed by atoms with Crippen LogP contribution in [0.4, 0.5) is 0 Å². The minimum Gasteiger partial charge on any atom is -0.480 e. The second-order valence-corrected chi connectivity index (χ2v) is 7.32. The molecule has 0 radical (unpaired) electrons. The lowest BCUT2D eigenvalue weighted by atomic mass is 10.0. The molecule has 1 spiro atoms. The van der Waals surface area contributed by atoms with Gasteiger partial charge in [0, 0.05) is 25.4 Å². The quantitative estimate of drug-likeness (QED) is 0.888. The second kappa shape index (κ2) is 6.38. The zero-order chi connectivity index (χ0) is 14.7. The summed E-state index contributed by atoms with van der Waals surface area (Å²) >= 11 is 1.80. The fourth-order valence-electron chi connectivity index (χ4n) is 3.14. The van der Waals surface area contributed by atoms with Gasteiger partial charge < -0.3 is 10.0 Å². The number of carboxylic acid groups (broad SMARTS) is 1. The number of hydrogen-bond donors (Lipinski definition) is 2. The van der Waals surface area contributed by atoms with Crippen molar-refractivity contribution < 1.29 is 9.90 Å². The van der Waals surface area contributed by atoms with Crippen molar-refractivity contribution in [3.8, 4) is 0 Å². The molecule has 0 amide bonds. The van der Waals surface area contributed by atoms with Crippen molar-refractivity contribution in [3.05, 3.63) is 35.9 Å². The summed E-state index contributed by atoms with van der Waals surface area (Å²) in [4.78, 5) is 13.6. The zero-order valence-electron chi connectivity index (χ0n) is 12.1. The summed E-state index contributed by atoms with van der Waals surface area (Å²) in [5.74, 6) is -0.0230. The first kappa shape index (κ1) is 14.9. The Morgan fingerprint density at radius 2 is 2.05 bits per heavy atom. The maximum Gasteiger partial charge on any atom is 0.321 e. The summed E-state index contributed by atoms with van der Waals surface area (Å²) in [6.45, 7) is 3.20. The molecule has 2 N–H and O–H groups in total. The molecule has 0 bridgehead atoms. The lowest BCUT2D eigenvalue weighted by molar-refractivity contribution is -0.139. The molecule has 2 heterocycles. The number of likely N-dealkylation sites (tertiary alicyclic amines) is 1. The lowest BCUT2D eigenvalue weighted by Gasteiger charge is -2.39. The van der Waals surface area contributed by atoms with Crippen LogP contribution in [0.1, 0.15) is 18.4 Å². The molecule has 5 heteroatoms. The van der Waals surface area contributed by atoms with Crippen LogP contribution in [0.3, 0.4) is 0 Å². The van der Waals surface area contributed by atoms with Crippen LogP contribution < -0.4 is 5.32 Å². The SMILES string of the molecule is O=C(O)[C@H]1CSC2(CCN(CCc3ccccc3)CC2)N1. The van der Waals surface area contributed by atoms with Crippen molar-refractivity contribution in [2.75, 3.05) is 25.4 Å². The van der Waals surface area contributed by atoms with Crippen molar-refractivity contribution in [1.82, 2.24) is 10.2 Å². The molecule has 1 atom stereocenters. The standard InChI is InChI=1S/C16H22N2O2S/c19-15(20)14-12-21-16(17-14)7-10-18(11-8-16)9-6-13-4-2-1-3-5-13/h1-5,14,17H,6-12H2,(H,19,20)/t14-/m1/s1. The Kier molecular flexibility index (Phi) is 4.52. The number of hydrogen-bond acceptors (Lipinski definition) is 4. The van der Waals surface area contributed by atoms with Gasteiger partial charge in [-0.3, -0.25) is 10.1 Å². The van der Waals surface area contributed by atoms with E-state index in [0.717, 1.165) is 38.9 Å². The molecule has 21 heavy (non-hydrogen) atoms. The van der Waals surface area contributed by atoms with Crippen LogP contribution in [0.15, 0.2) is 30.3 Å². The van der Waals surface area contributed by atoms with Gasteiger partial charge in [-0.1, -0.05) is 30.3 Å². The van der Waals surface area contributed by atoms with Gasteiger partial charge in [0.1, 0.15) is 6.04 Å². The average molecular weight is 306 g/mol. The highest BCUT2D eigenvalue weighted by Crippen LogP contribution is 2.39.